The minimum Gasteiger partial charge on any atom is -0.320 e. The summed E-state index contributed by atoms with van der Waals surface area (Å²) in [5.74, 6) is -2.21. The molecule has 25 heavy (non-hydrogen) atoms. The Morgan fingerprint density at radius 2 is 2.04 bits per heavy atom. The van der Waals surface area contributed by atoms with E-state index < -0.39 is 46.1 Å². The highest BCUT2D eigenvalue weighted by Crippen LogP contribution is 2.40. The molecule has 2 aromatic rings. The largest absolute Gasteiger partial charge is 0.427 e. The van der Waals surface area contributed by atoms with Gasteiger partial charge in [-0.1, -0.05) is 11.6 Å². The van der Waals surface area contributed by atoms with Gasteiger partial charge in [0.2, 0.25) is 0 Å². The fourth-order valence-electron chi connectivity index (χ4n) is 1.90. The molecule has 0 aliphatic rings. The molecule has 0 bridgehead atoms. The van der Waals surface area contributed by atoms with E-state index in [1.54, 1.807) is 0 Å². The van der Waals surface area contributed by atoms with Gasteiger partial charge in [0.05, 0.1) is 21.6 Å². The van der Waals surface area contributed by atoms with Crippen LogP contribution in [0.1, 0.15) is 27.5 Å². The van der Waals surface area contributed by atoms with Crippen LogP contribution in [0.4, 0.5) is 27.6 Å². The van der Waals surface area contributed by atoms with Gasteiger partial charge in [0.1, 0.15) is 11.6 Å². The fraction of sp³-hybridized carbons (Fsp3) is 0.286. The third-order valence-electron chi connectivity index (χ3n) is 3.12. The number of hydrogen-bond acceptors (Lipinski definition) is 3. The van der Waals surface area contributed by atoms with Crippen LogP contribution in [0, 0.1) is 5.82 Å². The number of rotatable bonds is 4. The number of pyridine rings is 1. The van der Waals surface area contributed by atoms with Gasteiger partial charge < -0.3 is 9.88 Å². The van der Waals surface area contributed by atoms with Crippen molar-refractivity contribution >= 4 is 34.5 Å². The maximum Gasteiger partial charge on any atom is 0.427 e. The zero-order chi connectivity index (χ0) is 18.9. The summed E-state index contributed by atoms with van der Waals surface area (Å²) < 4.78 is 65.2. The first kappa shape index (κ1) is 19.4. The van der Waals surface area contributed by atoms with Crippen molar-refractivity contribution in [1.82, 2.24) is 4.57 Å². The number of alkyl halides is 4. The summed E-state index contributed by atoms with van der Waals surface area (Å²) in [5, 5.41) is 1.53. The van der Waals surface area contributed by atoms with Gasteiger partial charge in [-0.2, -0.15) is 13.2 Å². The number of hydrogen-bond donors (Lipinski definition) is 1. The highest BCUT2D eigenvalue weighted by molar-refractivity contribution is 7.14. The van der Waals surface area contributed by atoms with E-state index in [2.05, 4.69) is 5.32 Å². The average molecular weight is 401 g/mol. The van der Waals surface area contributed by atoms with Gasteiger partial charge in [0.25, 0.3) is 11.5 Å². The van der Waals surface area contributed by atoms with Crippen molar-refractivity contribution in [3.63, 3.8) is 0 Å². The van der Waals surface area contributed by atoms with Crippen molar-refractivity contribution in [3.05, 3.63) is 49.3 Å². The summed E-state index contributed by atoms with van der Waals surface area (Å²) in [6.07, 6.45) is -3.70. The molecule has 2 rings (SSSR count). The normalized spacial score (nSPS) is 12.9. The van der Waals surface area contributed by atoms with Gasteiger partial charge in [-0.3, -0.25) is 9.59 Å². The lowest BCUT2D eigenvalue weighted by atomic mass is 10.3. The van der Waals surface area contributed by atoms with Crippen LogP contribution in [-0.2, 0) is 6.18 Å². The van der Waals surface area contributed by atoms with Crippen LogP contribution >= 0.6 is 22.9 Å². The van der Waals surface area contributed by atoms with Crippen molar-refractivity contribution in [2.24, 2.45) is 0 Å². The molecule has 136 valence electrons. The molecule has 0 radical (unpaired) electrons. The molecule has 0 saturated carbocycles. The Hall–Kier alpha value is -1.94. The molecular formula is C14H10ClF5N2O2S. The van der Waals surface area contributed by atoms with Crippen LogP contribution < -0.4 is 10.9 Å². The molecule has 11 heteroatoms. The number of carbonyl (C=O) groups excluding carboxylic acids is 1. The quantitative estimate of drug-likeness (QED) is 0.768. The van der Waals surface area contributed by atoms with Crippen molar-refractivity contribution in [3.8, 4) is 0 Å². The van der Waals surface area contributed by atoms with Crippen LogP contribution in [0.2, 0.25) is 5.02 Å². The van der Waals surface area contributed by atoms with Crippen molar-refractivity contribution < 1.29 is 26.7 Å². The summed E-state index contributed by atoms with van der Waals surface area (Å²) in [4.78, 5) is 22.2. The number of nitrogens with one attached hydrogen (secondary N) is 1. The highest BCUT2D eigenvalue weighted by Gasteiger charge is 2.36. The minimum atomic E-state index is -4.71. The van der Waals surface area contributed by atoms with Gasteiger partial charge in [-0.25, -0.2) is 8.78 Å². The van der Waals surface area contributed by atoms with E-state index in [-0.39, 0.29) is 21.9 Å². The molecule has 0 saturated heterocycles. The summed E-state index contributed by atoms with van der Waals surface area (Å²) in [7, 11) is 0. The molecule has 0 aliphatic heterocycles. The number of aromatic nitrogens is 1. The molecular weight excluding hydrogens is 391 g/mol. The Morgan fingerprint density at radius 3 is 2.56 bits per heavy atom. The van der Waals surface area contributed by atoms with Gasteiger partial charge in [-0.05, 0) is 13.0 Å². The first-order valence-corrected chi connectivity index (χ1v) is 7.89. The third kappa shape index (κ3) is 4.18. The number of nitrogens with zero attached hydrogens (tertiary/aromatic N) is 1. The van der Waals surface area contributed by atoms with Crippen LogP contribution in [0.15, 0.2) is 23.1 Å². The smallest absolute Gasteiger partial charge is 0.320 e. The molecule has 0 aromatic carbocycles. The lowest BCUT2D eigenvalue weighted by molar-refractivity contribution is -0.134. The molecule has 4 nitrogen and oxygen atoms in total. The number of carbonyl (C=O) groups is 1. The van der Waals surface area contributed by atoms with Gasteiger partial charge in [0, 0.05) is 12.3 Å². The average Bonchev–Trinajstić information content (AvgIpc) is 2.92. The molecule has 0 spiro atoms. The van der Waals surface area contributed by atoms with Crippen molar-refractivity contribution in [1.29, 1.82) is 0 Å². The fourth-order valence-corrected chi connectivity index (χ4v) is 3.11. The highest BCUT2D eigenvalue weighted by atomic mass is 35.5. The molecule has 2 aromatic heterocycles. The van der Waals surface area contributed by atoms with E-state index in [1.807, 2.05) is 0 Å². The molecule has 1 N–H and O–H groups in total. The van der Waals surface area contributed by atoms with Crippen LogP contribution in [0.25, 0.3) is 0 Å². The van der Waals surface area contributed by atoms with Crippen LogP contribution in [-0.4, -0.2) is 17.1 Å². The predicted molar refractivity (Wildman–Crippen MR) is 83.6 cm³/mol. The third-order valence-corrected chi connectivity index (χ3v) is 4.71. The summed E-state index contributed by atoms with van der Waals surface area (Å²) >= 11 is 5.60. The molecule has 2 heterocycles. The second kappa shape index (κ2) is 7.12. The number of anilines is 1. The van der Waals surface area contributed by atoms with E-state index in [4.69, 9.17) is 11.6 Å². The lowest BCUT2D eigenvalue weighted by Gasteiger charge is -2.13. The van der Waals surface area contributed by atoms with Gasteiger partial charge in [-0.15, -0.1) is 11.3 Å². The number of halogens is 6. The Kier molecular flexibility index (Phi) is 5.52. The number of amides is 1. The van der Waals surface area contributed by atoms with E-state index in [0.717, 1.165) is 16.8 Å². The maximum atomic E-state index is 13.6. The topological polar surface area (TPSA) is 51.1 Å². The summed E-state index contributed by atoms with van der Waals surface area (Å²) in [6.45, 7) is 0.368. The first-order valence-electron chi connectivity index (χ1n) is 6.70. The van der Waals surface area contributed by atoms with E-state index >= 15 is 0 Å². The van der Waals surface area contributed by atoms with Gasteiger partial charge in [0.15, 0.2) is 5.82 Å². The molecule has 1 atom stereocenters. The van der Waals surface area contributed by atoms with Gasteiger partial charge >= 0.3 is 6.18 Å². The lowest BCUT2D eigenvalue weighted by Crippen LogP contribution is -2.27. The second-order valence-corrected chi connectivity index (χ2v) is 6.49. The SMILES string of the molecule is CC(CF)n1cc(NC(=O)c2cc(Cl)c(C(F)(F)F)s2)cc(F)c1=O. The predicted octanol–water partition coefficient (Wildman–Crippen LogP) is 4.50. The Morgan fingerprint density at radius 1 is 1.40 bits per heavy atom. The molecule has 0 aliphatic carbocycles. The Balaban J connectivity index is 2.33. The zero-order valence-corrected chi connectivity index (χ0v) is 14.0. The van der Waals surface area contributed by atoms with Crippen LogP contribution in [0.3, 0.4) is 0 Å². The first-order chi connectivity index (χ1) is 11.5. The van der Waals surface area contributed by atoms with E-state index in [9.17, 15) is 31.5 Å². The summed E-state index contributed by atoms with van der Waals surface area (Å²) in [6, 6.07) is 0.551. The molecule has 1 amide bonds. The zero-order valence-electron chi connectivity index (χ0n) is 12.5. The molecule has 0 fully saturated rings. The van der Waals surface area contributed by atoms with E-state index in [0.29, 0.717) is 6.07 Å². The summed E-state index contributed by atoms with van der Waals surface area (Å²) in [5.41, 5.74) is -1.29. The standard InChI is InChI=1S/C14H10ClF5N2O2S/c1-6(4-16)22-5-7(2-9(17)13(22)24)21-12(23)10-3-8(15)11(25-10)14(18,19)20/h2-3,5-6H,4H2,1H3,(H,21,23). The Labute approximate surface area is 146 Å². The monoisotopic (exact) mass is 400 g/mol. The minimum absolute atomic E-state index is 0.125. The second-order valence-electron chi connectivity index (χ2n) is 5.03. The van der Waals surface area contributed by atoms with E-state index in [1.165, 1.54) is 6.92 Å². The van der Waals surface area contributed by atoms with Crippen molar-refractivity contribution in [2.75, 3.05) is 12.0 Å². The van der Waals surface area contributed by atoms with Crippen LogP contribution in [0.5, 0.6) is 0 Å². The Bertz CT molecular complexity index is 862. The number of thiophene rings is 1. The molecule has 1 unspecified atom stereocenters. The van der Waals surface area contributed by atoms with Crippen molar-refractivity contribution in [2.45, 2.75) is 19.1 Å². The maximum absolute atomic E-state index is 13.6.